The van der Waals surface area contributed by atoms with Gasteiger partial charge in [0.25, 0.3) is 0 Å². The van der Waals surface area contributed by atoms with Crippen LogP contribution >= 0.6 is 0 Å². The summed E-state index contributed by atoms with van der Waals surface area (Å²) in [6.45, 7) is 1.36. The maximum atomic E-state index is 10.8. The highest BCUT2D eigenvalue weighted by molar-refractivity contribution is 5.82. The summed E-state index contributed by atoms with van der Waals surface area (Å²) in [5, 5.41) is 21.3. The molecule has 0 fully saturated rings. The largest absolute Gasteiger partial charge is 0.411 e. The fourth-order valence-electron chi connectivity index (χ4n) is 0.977. The molecule has 0 aromatic carbocycles. The second-order valence-corrected chi connectivity index (χ2v) is 2.40. The normalized spacial score (nSPS) is 10.6. The molecule has 0 aliphatic rings. The molecule has 0 saturated heterocycles. The summed E-state index contributed by atoms with van der Waals surface area (Å²) in [7, 11) is 0. The van der Waals surface area contributed by atoms with Gasteiger partial charge in [-0.1, -0.05) is 5.16 Å². The number of nitro groups is 1. The van der Waals surface area contributed by atoms with Crippen LogP contribution in [-0.4, -0.2) is 26.3 Å². The lowest BCUT2D eigenvalue weighted by molar-refractivity contribution is -0.386. The number of H-pyrrole nitrogens is 1. The van der Waals surface area contributed by atoms with Gasteiger partial charge in [-0.3, -0.25) is 10.1 Å². The summed E-state index contributed by atoms with van der Waals surface area (Å²) in [6, 6.07) is 0. The van der Waals surface area contributed by atoms with Crippen molar-refractivity contribution in [3.63, 3.8) is 0 Å². The third kappa shape index (κ3) is 1.73. The lowest BCUT2D eigenvalue weighted by Crippen LogP contribution is -2.16. The van der Waals surface area contributed by atoms with E-state index < -0.39 is 10.6 Å². The maximum Gasteiger partial charge on any atom is 0.346 e. The summed E-state index contributed by atoms with van der Waals surface area (Å²) in [5.74, 6) is 0. The predicted octanol–water partition coefficient (Wildman–Crippen LogP) is -0.205. The summed E-state index contributed by atoms with van der Waals surface area (Å²) >= 11 is 0. The molecule has 1 aromatic rings. The maximum absolute atomic E-state index is 10.8. The van der Waals surface area contributed by atoms with Crippen molar-refractivity contribution in [1.29, 1.82) is 0 Å². The van der Waals surface area contributed by atoms with Gasteiger partial charge in [-0.15, -0.1) is 0 Å². The van der Waals surface area contributed by atoms with Crippen LogP contribution in [0.5, 0.6) is 0 Å². The predicted molar refractivity (Wildman–Crippen MR) is 45.6 cm³/mol. The van der Waals surface area contributed by atoms with E-state index in [2.05, 4.69) is 15.1 Å². The smallest absolute Gasteiger partial charge is 0.346 e. The Morgan fingerprint density at radius 1 is 1.71 bits per heavy atom. The van der Waals surface area contributed by atoms with Crippen LogP contribution < -0.4 is 5.69 Å². The molecule has 0 radical (unpaired) electrons. The van der Waals surface area contributed by atoms with E-state index in [0.717, 1.165) is 6.21 Å². The second-order valence-electron chi connectivity index (χ2n) is 2.40. The van der Waals surface area contributed by atoms with E-state index in [1.54, 1.807) is 0 Å². The zero-order valence-corrected chi connectivity index (χ0v) is 7.09. The third-order valence-electron chi connectivity index (χ3n) is 1.48. The third-order valence-corrected chi connectivity index (χ3v) is 1.48. The van der Waals surface area contributed by atoms with Gasteiger partial charge in [-0.25, -0.2) is 4.79 Å². The second kappa shape index (κ2) is 3.64. The van der Waals surface area contributed by atoms with Gasteiger partial charge in [0.1, 0.15) is 0 Å². The molecule has 2 N–H and O–H groups in total. The Morgan fingerprint density at radius 3 is 2.86 bits per heavy atom. The molecular weight excluding hydrogens is 192 g/mol. The van der Waals surface area contributed by atoms with Crippen LogP contribution in [0.3, 0.4) is 0 Å². The minimum absolute atomic E-state index is 0.0601. The topological polar surface area (TPSA) is 121 Å². The molecule has 8 heteroatoms. The van der Waals surface area contributed by atoms with Crippen LogP contribution in [0.1, 0.15) is 11.4 Å². The first kappa shape index (κ1) is 9.84. The summed E-state index contributed by atoms with van der Waals surface area (Å²) in [5.41, 5.74) is -1.34. The lowest BCUT2D eigenvalue weighted by Gasteiger charge is -1.97. The van der Waals surface area contributed by atoms with Crippen LogP contribution in [0, 0.1) is 17.0 Å². The molecule has 14 heavy (non-hydrogen) atoms. The highest BCUT2D eigenvalue weighted by Crippen LogP contribution is 2.15. The quantitative estimate of drug-likeness (QED) is 0.295. The molecule has 0 saturated carbocycles. The molecule has 0 spiro atoms. The number of hydrogen-bond donors (Lipinski definition) is 2. The molecule has 74 valence electrons. The highest BCUT2D eigenvalue weighted by Gasteiger charge is 2.18. The molecule has 8 nitrogen and oxygen atoms in total. The Labute approximate surface area is 77.1 Å². The zero-order valence-electron chi connectivity index (χ0n) is 7.09. The van der Waals surface area contributed by atoms with Crippen molar-refractivity contribution in [2.45, 2.75) is 6.92 Å². The van der Waals surface area contributed by atoms with Crippen LogP contribution in [0.25, 0.3) is 0 Å². The van der Waals surface area contributed by atoms with Gasteiger partial charge < -0.3 is 10.2 Å². The Hall–Kier alpha value is -2.25. The number of nitrogens with one attached hydrogen (secondary N) is 1. The molecule has 1 aromatic heterocycles. The zero-order chi connectivity index (χ0) is 10.7. The fraction of sp³-hybridized carbons (Fsp3) is 0.167. The number of nitrogens with zero attached hydrogens (tertiary/aromatic N) is 3. The Bertz CT molecular complexity index is 450. The van der Waals surface area contributed by atoms with Crippen LogP contribution in [0.2, 0.25) is 0 Å². The summed E-state index contributed by atoms with van der Waals surface area (Å²) in [6.07, 6.45) is 0.736. The van der Waals surface area contributed by atoms with E-state index in [9.17, 15) is 14.9 Å². The SMILES string of the molecule is Cc1[nH]c(=O)nc(/C=N/O)c1[N+](=O)[O-]. The first-order chi connectivity index (χ1) is 6.56. The molecule has 1 rings (SSSR count). The monoisotopic (exact) mass is 198 g/mol. The van der Waals surface area contributed by atoms with Crippen molar-refractivity contribution in [2.75, 3.05) is 0 Å². The molecule has 0 aliphatic carbocycles. The summed E-state index contributed by atoms with van der Waals surface area (Å²) in [4.78, 5) is 26.1. The molecule has 0 aliphatic heterocycles. The molecule has 1 heterocycles. The number of aromatic amines is 1. The Kier molecular flexibility index (Phi) is 2.56. The van der Waals surface area contributed by atoms with Crippen LogP contribution in [0.15, 0.2) is 9.95 Å². The van der Waals surface area contributed by atoms with Gasteiger partial charge >= 0.3 is 11.4 Å². The molecule has 0 unspecified atom stereocenters. The fourth-order valence-corrected chi connectivity index (χ4v) is 0.977. The van der Waals surface area contributed by atoms with Gasteiger partial charge in [0, 0.05) is 0 Å². The highest BCUT2D eigenvalue weighted by atomic mass is 16.6. The van der Waals surface area contributed by atoms with Crippen molar-refractivity contribution >= 4 is 11.9 Å². The minimum Gasteiger partial charge on any atom is -0.411 e. The molecule has 0 bridgehead atoms. The van der Waals surface area contributed by atoms with E-state index in [1.807, 2.05) is 0 Å². The molecule has 0 atom stereocenters. The molecular formula is C6H6N4O4. The van der Waals surface area contributed by atoms with Gasteiger partial charge in [-0.2, -0.15) is 4.98 Å². The number of oxime groups is 1. The van der Waals surface area contributed by atoms with E-state index in [4.69, 9.17) is 5.21 Å². The van der Waals surface area contributed by atoms with E-state index in [0.29, 0.717) is 0 Å². The van der Waals surface area contributed by atoms with Crippen LogP contribution in [0.4, 0.5) is 5.69 Å². The van der Waals surface area contributed by atoms with Crippen LogP contribution in [-0.2, 0) is 0 Å². The number of aromatic nitrogens is 2. The number of aryl methyl sites for hydroxylation is 1. The van der Waals surface area contributed by atoms with E-state index in [-0.39, 0.29) is 17.1 Å². The van der Waals surface area contributed by atoms with Crippen molar-refractivity contribution in [3.05, 3.63) is 32.0 Å². The van der Waals surface area contributed by atoms with Crippen molar-refractivity contribution in [1.82, 2.24) is 9.97 Å². The first-order valence-corrected chi connectivity index (χ1v) is 3.49. The lowest BCUT2D eigenvalue weighted by atomic mass is 10.3. The number of hydrogen-bond acceptors (Lipinski definition) is 6. The summed E-state index contributed by atoms with van der Waals surface area (Å²) < 4.78 is 0. The average Bonchev–Trinajstić information content (AvgIpc) is 2.01. The van der Waals surface area contributed by atoms with Gasteiger partial charge in [0.2, 0.25) is 0 Å². The average molecular weight is 198 g/mol. The van der Waals surface area contributed by atoms with Crippen molar-refractivity contribution in [2.24, 2.45) is 5.16 Å². The first-order valence-electron chi connectivity index (χ1n) is 3.49. The van der Waals surface area contributed by atoms with Crippen molar-refractivity contribution in [3.8, 4) is 0 Å². The molecule has 0 amide bonds. The minimum atomic E-state index is -0.733. The standard InChI is InChI=1S/C6H6N4O4/c1-3-5(10(13)14)4(2-7-12)9-6(11)8-3/h2,12H,1H3,(H,8,9,11)/b7-2+. The van der Waals surface area contributed by atoms with Gasteiger partial charge in [0.05, 0.1) is 16.8 Å². The van der Waals surface area contributed by atoms with E-state index in [1.165, 1.54) is 6.92 Å². The van der Waals surface area contributed by atoms with Gasteiger partial charge in [-0.05, 0) is 6.92 Å². The number of rotatable bonds is 2. The van der Waals surface area contributed by atoms with Gasteiger partial charge in [0.15, 0.2) is 5.69 Å². The van der Waals surface area contributed by atoms with Crippen molar-refractivity contribution < 1.29 is 10.1 Å². The van der Waals surface area contributed by atoms with E-state index >= 15 is 0 Å². The Morgan fingerprint density at radius 2 is 2.36 bits per heavy atom. The Balaban J connectivity index is 3.52.